The average molecular weight is 563 g/mol. The number of carbonyl (C=O) groups excluding carboxylic acids is 1. The predicted molar refractivity (Wildman–Crippen MR) is 148 cm³/mol. The molecular weight excluding hydrogens is 518 g/mol. The molecule has 3 fully saturated rings. The molecule has 1 N–H and O–H groups in total. The lowest BCUT2D eigenvalue weighted by Crippen LogP contribution is -3.13. The number of likely N-dealkylation sites (tertiary alicyclic amines) is 1. The number of hydroxylamine groups is 2. The van der Waals surface area contributed by atoms with Gasteiger partial charge in [-0.15, -0.1) is 0 Å². The van der Waals surface area contributed by atoms with E-state index in [9.17, 15) is 10.0 Å². The summed E-state index contributed by atoms with van der Waals surface area (Å²) in [6.07, 6.45) is 7.62. The quantitative estimate of drug-likeness (QED) is 0.300. The molecule has 2 heterocycles. The summed E-state index contributed by atoms with van der Waals surface area (Å²) < 4.78 is 1.07. The van der Waals surface area contributed by atoms with E-state index < -0.39 is 0 Å². The number of nitrogens with one attached hydrogen (secondary N) is 1. The van der Waals surface area contributed by atoms with Gasteiger partial charge in [0.25, 0.3) is 0 Å². The lowest BCUT2D eigenvalue weighted by atomic mass is 9.63. The highest BCUT2D eigenvalue weighted by molar-refractivity contribution is 9.10. The second-order valence-electron chi connectivity index (χ2n) is 11.7. The molecule has 1 aromatic rings. The third-order valence-corrected chi connectivity index (χ3v) is 10.1. The molecular formula is C29H44BrN3O3. The smallest absolute Gasteiger partial charge is 0.231 e. The van der Waals surface area contributed by atoms with Crippen LogP contribution in [0.25, 0.3) is 0 Å². The minimum absolute atomic E-state index is 0.132. The predicted octanol–water partition coefficient (Wildman–Crippen LogP) is 5.05. The Kier molecular flexibility index (Phi) is 9.16. The SMILES string of the molecule is CCO/N=C(\c1ccc(Br)cc1)C1CCC(C2(C)CCN(C(=O)C3C(C)CC[NH+]([O-])[C@H]3C)CC2)CC1. The molecule has 36 heavy (non-hydrogen) atoms. The molecule has 0 spiro atoms. The Balaban J connectivity index is 1.34. The van der Waals surface area contributed by atoms with Crippen molar-refractivity contribution in [2.75, 3.05) is 26.2 Å². The number of amides is 1. The third-order valence-electron chi connectivity index (χ3n) is 9.54. The normalized spacial score (nSPS) is 33.3. The maximum absolute atomic E-state index is 13.4. The van der Waals surface area contributed by atoms with Gasteiger partial charge in [-0.3, -0.25) is 4.79 Å². The van der Waals surface area contributed by atoms with Crippen molar-refractivity contribution in [3.63, 3.8) is 0 Å². The zero-order valence-corrected chi connectivity index (χ0v) is 24.1. The van der Waals surface area contributed by atoms with E-state index in [0.29, 0.717) is 30.9 Å². The van der Waals surface area contributed by atoms with Crippen LogP contribution in [0.15, 0.2) is 33.9 Å². The number of hydrogen-bond donors (Lipinski definition) is 1. The topological polar surface area (TPSA) is 69.4 Å². The van der Waals surface area contributed by atoms with Gasteiger partial charge in [-0.1, -0.05) is 47.1 Å². The molecule has 4 rings (SSSR count). The summed E-state index contributed by atoms with van der Waals surface area (Å²) in [5.41, 5.74) is 2.51. The average Bonchev–Trinajstić information content (AvgIpc) is 2.88. The van der Waals surface area contributed by atoms with Crippen LogP contribution in [0.4, 0.5) is 0 Å². The first-order valence-electron chi connectivity index (χ1n) is 14.0. The van der Waals surface area contributed by atoms with Crippen LogP contribution < -0.4 is 5.06 Å². The van der Waals surface area contributed by atoms with Gasteiger partial charge in [-0.2, -0.15) is 0 Å². The lowest BCUT2D eigenvalue weighted by molar-refractivity contribution is -0.884. The molecule has 0 aromatic heterocycles. The van der Waals surface area contributed by atoms with E-state index in [4.69, 9.17) is 4.84 Å². The van der Waals surface area contributed by atoms with Gasteiger partial charge in [0.15, 0.2) is 0 Å². The molecule has 1 amide bonds. The first-order valence-corrected chi connectivity index (χ1v) is 14.8. The number of piperidine rings is 2. The van der Waals surface area contributed by atoms with E-state index in [1.165, 1.54) is 12.8 Å². The first kappa shape index (κ1) is 27.6. The molecule has 2 aliphatic heterocycles. The molecule has 1 aliphatic carbocycles. The Morgan fingerprint density at radius 1 is 1.14 bits per heavy atom. The summed E-state index contributed by atoms with van der Waals surface area (Å²) in [5, 5.41) is 17.1. The maximum atomic E-state index is 13.4. The van der Waals surface area contributed by atoms with Crippen LogP contribution in [-0.2, 0) is 9.63 Å². The Morgan fingerprint density at radius 2 is 1.78 bits per heavy atom. The number of oxime groups is 1. The summed E-state index contributed by atoms with van der Waals surface area (Å²) in [5.74, 6) is 1.49. The van der Waals surface area contributed by atoms with Crippen LogP contribution in [0.1, 0.15) is 78.2 Å². The van der Waals surface area contributed by atoms with Crippen LogP contribution in [0.3, 0.4) is 0 Å². The molecule has 1 saturated carbocycles. The number of nitrogens with zero attached hydrogens (tertiary/aromatic N) is 2. The van der Waals surface area contributed by atoms with Gasteiger partial charge in [0.2, 0.25) is 5.91 Å². The van der Waals surface area contributed by atoms with Gasteiger partial charge in [0.1, 0.15) is 6.61 Å². The van der Waals surface area contributed by atoms with Crippen molar-refractivity contribution in [2.24, 2.45) is 34.2 Å². The Morgan fingerprint density at radius 3 is 2.39 bits per heavy atom. The molecule has 7 heteroatoms. The Labute approximate surface area is 225 Å². The number of quaternary nitrogens is 1. The standard InChI is InChI=1S/C29H44BrN3O3/c1-5-36-31-27(23-8-12-25(30)13-9-23)22-6-10-24(11-7-22)29(4)15-18-32(19-16-29)28(34)26-20(2)14-17-33(35)21(26)3/h8-9,12-13,20-22,24,26,33H,5-7,10-11,14-19H2,1-4H3/b31-27-/t20?,21-,22?,24?,26?/m0/s1. The Bertz CT molecular complexity index is 905. The van der Waals surface area contributed by atoms with E-state index in [1.54, 1.807) is 0 Å². The molecule has 3 unspecified atom stereocenters. The molecule has 6 nitrogen and oxygen atoms in total. The fourth-order valence-electron chi connectivity index (χ4n) is 6.97. The second-order valence-corrected chi connectivity index (χ2v) is 12.6. The van der Waals surface area contributed by atoms with E-state index in [2.05, 4.69) is 64.1 Å². The van der Waals surface area contributed by atoms with Gasteiger partial charge in [0.05, 0.1) is 24.2 Å². The number of carbonyl (C=O) groups is 1. The maximum Gasteiger partial charge on any atom is 0.231 e. The van der Waals surface area contributed by atoms with Crippen molar-refractivity contribution in [3.05, 3.63) is 39.5 Å². The summed E-state index contributed by atoms with van der Waals surface area (Å²) in [4.78, 5) is 21.0. The van der Waals surface area contributed by atoms with Crippen LogP contribution in [0, 0.1) is 34.3 Å². The summed E-state index contributed by atoms with van der Waals surface area (Å²) in [6.45, 7) is 11.4. The van der Waals surface area contributed by atoms with Crippen molar-refractivity contribution >= 4 is 27.5 Å². The second kappa shape index (κ2) is 12.0. The van der Waals surface area contributed by atoms with E-state index in [0.717, 1.165) is 60.9 Å². The van der Waals surface area contributed by atoms with E-state index in [1.807, 2.05) is 13.8 Å². The molecule has 3 aliphatic rings. The number of benzene rings is 1. The zero-order valence-electron chi connectivity index (χ0n) is 22.5. The number of rotatable bonds is 6. The van der Waals surface area contributed by atoms with Gasteiger partial charge >= 0.3 is 0 Å². The van der Waals surface area contributed by atoms with Crippen molar-refractivity contribution in [3.8, 4) is 0 Å². The van der Waals surface area contributed by atoms with E-state index >= 15 is 0 Å². The minimum Gasteiger partial charge on any atom is -0.634 e. The molecule has 0 bridgehead atoms. The highest BCUT2D eigenvalue weighted by Gasteiger charge is 2.44. The monoisotopic (exact) mass is 561 g/mol. The Hall–Kier alpha value is -1.44. The minimum atomic E-state index is -0.136. The fraction of sp³-hybridized carbons (Fsp3) is 0.724. The van der Waals surface area contributed by atoms with Crippen LogP contribution >= 0.6 is 15.9 Å². The van der Waals surface area contributed by atoms with Crippen molar-refractivity contribution in [1.29, 1.82) is 0 Å². The molecule has 1 aromatic carbocycles. The summed E-state index contributed by atoms with van der Waals surface area (Å²) >= 11 is 3.53. The zero-order chi connectivity index (χ0) is 25.9. The van der Waals surface area contributed by atoms with Crippen molar-refractivity contribution < 1.29 is 14.7 Å². The molecule has 200 valence electrons. The molecule has 2 saturated heterocycles. The first-order chi connectivity index (χ1) is 17.2. The van der Waals surface area contributed by atoms with E-state index in [-0.39, 0.29) is 28.3 Å². The largest absolute Gasteiger partial charge is 0.634 e. The third kappa shape index (κ3) is 5.99. The van der Waals surface area contributed by atoms with Gasteiger partial charge in [-0.05, 0) is 87.3 Å². The summed E-state index contributed by atoms with van der Waals surface area (Å²) in [7, 11) is 0. The van der Waals surface area contributed by atoms with Crippen molar-refractivity contribution in [1.82, 2.24) is 4.90 Å². The van der Waals surface area contributed by atoms with Gasteiger partial charge < -0.3 is 20.0 Å². The van der Waals surface area contributed by atoms with Crippen LogP contribution in [0.5, 0.6) is 0 Å². The van der Waals surface area contributed by atoms with Crippen molar-refractivity contribution in [2.45, 2.75) is 78.7 Å². The summed E-state index contributed by atoms with van der Waals surface area (Å²) in [6, 6.07) is 8.27. The van der Waals surface area contributed by atoms with Crippen LogP contribution in [-0.4, -0.2) is 48.8 Å². The molecule has 0 radical (unpaired) electrons. The van der Waals surface area contributed by atoms with Gasteiger partial charge in [-0.25, -0.2) is 0 Å². The lowest BCUT2D eigenvalue weighted by Gasteiger charge is -2.48. The van der Waals surface area contributed by atoms with Gasteiger partial charge in [0, 0.05) is 29.9 Å². The fourth-order valence-corrected chi connectivity index (χ4v) is 7.23. The number of halogens is 1. The highest BCUT2D eigenvalue weighted by Crippen LogP contribution is 2.47. The number of hydrogen-bond acceptors (Lipinski definition) is 4. The highest BCUT2D eigenvalue weighted by atomic mass is 79.9. The molecule has 4 atom stereocenters. The van der Waals surface area contributed by atoms with Crippen LogP contribution in [0.2, 0.25) is 0 Å².